The van der Waals surface area contributed by atoms with Crippen molar-refractivity contribution >= 4 is 17.6 Å². The molecule has 0 aromatic carbocycles. The third kappa shape index (κ3) is 2.13. The molecule has 0 radical (unpaired) electrons. The molecule has 0 N–H and O–H groups in total. The maximum Gasteiger partial charge on any atom is 0.340 e. The lowest BCUT2D eigenvalue weighted by Gasteiger charge is -2.49. The van der Waals surface area contributed by atoms with Crippen molar-refractivity contribution in [1.29, 1.82) is 0 Å². The maximum absolute atomic E-state index is 11.5. The van der Waals surface area contributed by atoms with Crippen LogP contribution in [0.5, 0.6) is 0 Å². The van der Waals surface area contributed by atoms with E-state index in [2.05, 4.69) is 27.7 Å². The Hall–Kier alpha value is -0.500. The Balaban J connectivity index is 2.97. The topological polar surface area (TPSA) is 26.3 Å². The minimum absolute atomic E-state index is 0.122. The second kappa shape index (κ2) is 4.40. The van der Waals surface area contributed by atoms with Gasteiger partial charge in [0.1, 0.15) is 5.60 Å². The summed E-state index contributed by atoms with van der Waals surface area (Å²) in [5.74, 6) is -0.251. The summed E-state index contributed by atoms with van der Waals surface area (Å²) in [7, 11) is 0. The summed E-state index contributed by atoms with van der Waals surface area (Å²) in [5.41, 5.74) is 0.0208. The van der Waals surface area contributed by atoms with Crippen molar-refractivity contribution in [2.75, 3.05) is 0 Å². The van der Waals surface area contributed by atoms with E-state index in [0.29, 0.717) is 10.6 Å². The summed E-state index contributed by atoms with van der Waals surface area (Å²) in [5, 5.41) is 0.676. The Kier molecular flexibility index (Phi) is 3.73. The van der Waals surface area contributed by atoms with Crippen LogP contribution in [0.2, 0.25) is 0 Å². The molecule has 0 bridgehead atoms. The number of allylic oxidation sites excluding steroid dienone is 1. The van der Waals surface area contributed by atoms with Gasteiger partial charge in [0.15, 0.2) is 0 Å². The van der Waals surface area contributed by atoms with Crippen LogP contribution in [-0.2, 0) is 9.53 Å². The van der Waals surface area contributed by atoms with Gasteiger partial charge in [-0.3, -0.25) is 0 Å². The van der Waals surface area contributed by atoms with E-state index in [9.17, 15) is 4.79 Å². The lowest BCUT2D eigenvalue weighted by atomic mass is 9.69. The second-order valence-electron chi connectivity index (χ2n) is 5.56. The number of carbonyl (C=O) groups excluding carboxylic acids is 1. The number of halogens is 1. The van der Waals surface area contributed by atoms with Crippen molar-refractivity contribution in [2.24, 2.45) is 5.41 Å². The highest BCUT2D eigenvalue weighted by molar-refractivity contribution is 6.32. The van der Waals surface area contributed by atoms with E-state index in [1.807, 2.05) is 6.92 Å². The van der Waals surface area contributed by atoms with Gasteiger partial charge in [0.05, 0.1) is 5.57 Å². The van der Waals surface area contributed by atoms with Gasteiger partial charge in [0.2, 0.25) is 0 Å². The second-order valence-corrected chi connectivity index (χ2v) is 6.01. The first kappa shape index (κ1) is 13.6. The van der Waals surface area contributed by atoms with Crippen LogP contribution in [0.15, 0.2) is 10.6 Å². The van der Waals surface area contributed by atoms with E-state index in [4.69, 9.17) is 16.3 Å². The van der Waals surface area contributed by atoms with Crippen LogP contribution in [0.1, 0.15) is 53.9 Å². The van der Waals surface area contributed by atoms with Crippen LogP contribution in [0, 0.1) is 5.41 Å². The normalized spacial score (nSPS) is 28.5. The van der Waals surface area contributed by atoms with Crippen LogP contribution in [0.25, 0.3) is 0 Å². The zero-order chi connectivity index (χ0) is 12.6. The summed E-state index contributed by atoms with van der Waals surface area (Å²) in [6, 6.07) is 0. The Morgan fingerprint density at radius 1 is 1.44 bits per heavy atom. The molecular weight excluding hydrogens is 224 g/mol. The number of rotatable bonds is 3. The Labute approximate surface area is 103 Å². The van der Waals surface area contributed by atoms with E-state index in [-0.39, 0.29) is 11.4 Å². The average molecular weight is 245 g/mol. The fourth-order valence-corrected chi connectivity index (χ4v) is 2.18. The Morgan fingerprint density at radius 3 is 2.38 bits per heavy atom. The number of ether oxygens (including phenoxy) is 1. The zero-order valence-corrected chi connectivity index (χ0v) is 11.6. The number of hydrogen-bond acceptors (Lipinski definition) is 2. The van der Waals surface area contributed by atoms with Crippen molar-refractivity contribution in [3.05, 3.63) is 10.6 Å². The quantitative estimate of drug-likeness (QED) is 0.554. The highest BCUT2D eigenvalue weighted by Gasteiger charge is 2.56. The monoisotopic (exact) mass is 244 g/mol. The van der Waals surface area contributed by atoms with Gasteiger partial charge in [-0.05, 0) is 19.8 Å². The molecule has 3 heteroatoms. The molecule has 0 amide bonds. The predicted molar refractivity (Wildman–Crippen MR) is 66.4 cm³/mol. The molecule has 16 heavy (non-hydrogen) atoms. The molecule has 1 saturated heterocycles. The SMILES string of the molecule is CCCC/C(Cl)=C1/C(=O)OC1(C)C(C)(C)C. The Morgan fingerprint density at radius 2 is 2.00 bits per heavy atom. The first-order valence-corrected chi connectivity index (χ1v) is 6.24. The average Bonchev–Trinajstić information content (AvgIpc) is 2.12. The number of cyclic esters (lactones) is 1. The zero-order valence-electron chi connectivity index (χ0n) is 10.8. The van der Waals surface area contributed by atoms with Crippen molar-refractivity contribution < 1.29 is 9.53 Å². The molecule has 1 fully saturated rings. The molecule has 1 atom stereocenters. The first-order valence-electron chi connectivity index (χ1n) is 5.86. The molecule has 1 aliphatic heterocycles. The first-order chi connectivity index (χ1) is 7.24. The van der Waals surface area contributed by atoms with Crippen LogP contribution < -0.4 is 0 Å². The van der Waals surface area contributed by atoms with Crippen molar-refractivity contribution in [3.8, 4) is 0 Å². The van der Waals surface area contributed by atoms with Crippen LogP contribution in [0.3, 0.4) is 0 Å². The van der Waals surface area contributed by atoms with Crippen molar-refractivity contribution in [1.82, 2.24) is 0 Å². The fourth-order valence-electron chi connectivity index (χ4n) is 1.79. The number of unbranched alkanes of at least 4 members (excludes halogenated alkanes) is 1. The summed E-state index contributed by atoms with van der Waals surface area (Å²) in [6.07, 6.45) is 2.86. The molecule has 1 heterocycles. The number of hydrogen-bond donors (Lipinski definition) is 0. The molecule has 2 nitrogen and oxygen atoms in total. The van der Waals surface area contributed by atoms with Gasteiger partial charge in [0, 0.05) is 10.4 Å². The summed E-state index contributed by atoms with van der Waals surface area (Å²) in [4.78, 5) is 11.5. The predicted octanol–water partition coefficient (Wildman–Crippen LogP) is 4.03. The standard InChI is InChI=1S/C13H21ClO2/c1-6-7-8-9(14)10-11(15)16-13(10,5)12(2,3)4/h6-8H2,1-5H3/b10-9+. The molecular formula is C13H21ClO2. The summed E-state index contributed by atoms with van der Waals surface area (Å²) < 4.78 is 5.32. The van der Waals surface area contributed by atoms with E-state index in [1.54, 1.807) is 0 Å². The van der Waals surface area contributed by atoms with Crippen LogP contribution >= 0.6 is 11.6 Å². The largest absolute Gasteiger partial charge is 0.450 e. The van der Waals surface area contributed by atoms with Crippen molar-refractivity contribution in [2.45, 2.75) is 59.5 Å². The molecule has 0 spiro atoms. The van der Waals surface area contributed by atoms with Gasteiger partial charge >= 0.3 is 5.97 Å². The highest BCUT2D eigenvalue weighted by Crippen LogP contribution is 2.49. The van der Waals surface area contributed by atoms with Gasteiger partial charge in [-0.25, -0.2) is 4.79 Å². The van der Waals surface area contributed by atoms with Gasteiger partial charge in [-0.15, -0.1) is 0 Å². The van der Waals surface area contributed by atoms with Crippen molar-refractivity contribution in [3.63, 3.8) is 0 Å². The molecule has 1 unspecified atom stereocenters. The van der Waals surface area contributed by atoms with E-state index >= 15 is 0 Å². The molecule has 92 valence electrons. The highest BCUT2D eigenvalue weighted by atomic mass is 35.5. The van der Waals surface area contributed by atoms with Crippen LogP contribution in [0.4, 0.5) is 0 Å². The number of esters is 1. The molecule has 1 aliphatic rings. The third-order valence-corrected chi connectivity index (χ3v) is 3.81. The molecule has 0 aromatic heterocycles. The lowest BCUT2D eigenvalue weighted by Crippen LogP contribution is -2.57. The van der Waals surface area contributed by atoms with Gasteiger partial charge in [0.25, 0.3) is 0 Å². The Bertz CT molecular complexity index is 325. The lowest BCUT2D eigenvalue weighted by molar-refractivity contribution is -0.184. The molecule has 0 saturated carbocycles. The fraction of sp³-hybridized carbons (Fsp3) is 0.769. The summed E-state index contributed by atoms with van der Waals surface area (Å²) >= 11 is 6.23. The molecule has 0 aliphatic carbocycles. The van der Waals surface area contributed by atoms with Gasteiger partial charge in [-0.2, -0.15) is 0 Å². The third-order valence-electron chi connectivity index (χ3n) is 3.43. The van der Waals surface area contributed by atoms with Gasteiger partial charge in [-0.1, -0.05) is 45.7 Å². The smallest absolute Gasteiger partial charge is 0.340 e. The van der Waals surface area contributed by atoms with E-state index in [0.717, 1.165) is 19.3 Å². The minimum atomic E-state index is -0.533. The van der Waals surface area contributed by atoms with Gasteiger partial charge < -0.3 is 4.74 Å². The number of carbonyl (C=O) groups is 1. The van der Waals surface area contributed by atoms with Crippen LogP contribution in [-0.4, -0.2) is 11.6 Å². The van der Waals surface area contributed by atoms with E-state index in [1.165, 1.54) is 0 Å². The maximum atomic E-state index is 11.5. The summed E-state index contributed by atoms with van der Waals surface area (Å²) in [6.45, 7) is 10.2. The van der Waals surface area contributed by atoms with E-state index < -0.39 is 5.60 Å². The minimum Gasteiger partial charge on any atom is -0.450 e. The molecule has 0 aromatic rings. The molecule has 1 rings (SSSR count).